The molecular formula is C14H17FN2OS. The molecule has 0 saturated carbocycles. The van der Waals surface area contributed by atoms with Crippen LogP contribution in [0.3, 0.4) is 0 Å². The molecule has 2 aromatic rings. The van der Waals surface area contributed by atoms with Crippen LogP contribution in [0.15, 0.2) is 28.7 Å². The van der Waals surface area contributed by atoms with Crippen molar-refractivity contribution >= 4 is 28.1 Å². The lowest BCUT2D eigenvalue weighted by Crippen LogP contribution is -2.19. The SMILES string of the molecule is Cn1c(C=NS(=O)C(C)(C)C)cc2cc(F)ccc21. The predicted octanol–water partition coefficient (Wildman–Crippen LogP) is 3.20. The fourth-order valence-corrected chi connectivity index (χ4v) is 2.25. The van der Waals surface area contributed by atoms with Gasteiger partial charge in [-0.2, -0.15) is 4.40 Å². The van der Waals surface area contributed by atoms with Gasteiger partial charge in [0, 0.05) is 18.0 Å². The Kier molecular flexibility index (Phi) is 3.58. The molecule has 102 valence electrons. The van der Waals surface area contributed by atoms with Crippen molar-refractivity contribution in [2.24, 2.45) is 11.4 Å². The zero-order valence-corrected chi connectivity index (χ0v) is 12.3. The van der Waals surface area contributed by atoms with Crippen molar-refractivity contribution in [3.05, 3.63) is 35.8 Å². The van der Waals surface area contributed by atoms with E-state index in [0.717, 1.165) is 16.6 Å². The Morgan fingerprint density at radius 1 is 1.32 bits per heavy atom. The zero-order valence-electron chi connectivity index (χ0n) is 11.5. The monoisotopic (exact) mass is 280 g/mol. The summed E-state index contributed by atoms with van der Waals surface area (Å²) in [6.07, 6.45) is 1.58. The maximum absolute atomic E-state index is 13.2. The third kappa shape index (κ3) is 2.92. The molecule has 0 aliphatic heterocycles. The second-order valence-electron chi connectivity index (χ2n) is 5.43. The van der Waals surface area contributed by atoms with Gasteiger partial charge in [-0.05, 0) is 45.0 Å². The first kappa shape index (κ1) is 13.9. The summed E-state index contributed by atoms with van der Waals surface area (Å²) >= 11 is 0. The Bertz CT molecular complexity index is 668. The molecule has 1 aromatic carbocycles. The highest BCUT2D eigenvalue weighted by molar-refractivity contribution is 7.85. The summed E-state index contributed by atoms with van der Waals surface area (Å²) in [5, 5.41) is 0.811. The highest BCUT2D eigenvalue weighted by Gasteiger charge is 2.18. The summed E-state index contributed by atoms with van der Waals surface area (Å²) in [5.41, 5.74) is 1.72. The third-order valence-corrected chi connectivity index (χ3v) is 4.19. The lowest BCUT2D eigenvalue weighted by Gasteiger charge is -2.12. The first-order valence-electron chi connectivity index (χ1n) is 6.00. The summed E-state index contributed by atoms with van der Waals surface area (Å²) in [7, 11) is 0.586. The Hall–Kier alpha value is -1.49. The van der Waals surface area contributed by atoms with Crippen molar-refractivity contribution in [2.75, 3.05) is 0 Å². The van der Waals surface area contributed by atoms with E-state index in [2.05, 4.69) is 4.40 Å². The standard InChI is InChI=1S/C14H17FN2OS/c1-14(2,3)19(18)16-9-12-8-10-7-11(15)5-6-13(10)17(12)4/h5-9H,1-4H3. The van der Waals surface area contributed by atoms with Crippen LogP contribution in [-0.4, -0.2) is 19.7 Å². The third-order valence-electron chi connectivity index (χ3n) is 2.85. The Balaban J connectivity index is 2.39. The van der Waals surface area contributed by atoms with Gasteiger partial charge in [0.2, 0.25) is 0 Å². The molecule has 2 rings (SSSR count). The molecule has 0 amide bonds. The van der Waals surface area contributed by atoms with Gasteiger partial charge in [-0.1, -0.05) is 0 Å². The molecule has 0 N–H and O–H groups in total. The molecule has 0 aliphatic rings. The van der Waals surface area contributed by atoms with Crippen LogP contribution in [0.2, 0.25) is 0 Å². The van der Waals surface area contributed by atoms with E-state index in [9.17, 15) is 8.60 Å². The molecule has 1 aromatic heterocycles. The van der Waals surface area contributed by atoms with Crippen LogP contribution in [0.1, 0.15) is 26.5 Å². The highest BCUT2D eigenvalue weighted by Crippen LogP contribution is 2.19. The van der Waals surface area contributed by atoms with Crippen molar-refractivity contribution in [2.45, 2.75) is 25.5 Å². The number of hydrogen-bond donors (Lipinski definition) is 0. The molecule has 19 heavy (non-hydrogen) atoms. The van der Waals surface area contributed by atoms with Crippen molar-refractivity contribution < 1.29 is 8.60 Å². The fourth-order valence-electron chi connectivity index (χ4n) is 1.73. The molecule has 3 nitrogen and oxygen atoms in total. The van der Waals surface area contributed by atoms with Gasteiger partial charge in [0.15, 0.2) is 0 Å². The van der Waals surface area contributed by atoms with Crippen molar-refractivity contribution in [1.82, 2.24) is 4.57 Å². The maximum atomic E-state index is 13.2. The van der Waals surface area contributed by atoms with Crippen LogP contribution in [0, 0.1) is 5.82 Å². The smallest absolute Gasteiger partial charge is 0.144 e. The lowest BCUT2D eigenvalue weighted by molar-refractivity contribution is 0.629. The van der Waals surface area contributed by atoms with Crippen LogP contribution >= 0.6 is 0 Å². The van der Waals surface area contributed by atoms with E-state index in [4.69, 9.17) is 0 Å². The van der Waals surface area contributed by atoms with E-state index < -0.39 is 11.0 Å². The minimum atomic E-state index is -1.29. The summed E-state index contributed by atoms with van der Waals surface area (Å²) < 4.78 is 30.6. The first-order valence-corrected chi connectivity index (χ1v) is 7.11. The maximum Gasteiger partial charge on any atom is 0.144 e. The quantitative estimate of drug-likeness (QED) is 0.778. The van der Waals surface area contributed by atoms with Gasteiger partial charge in [-0.25, -0.2) is 8.60 Å². The molecule has 1 atom stereocenters. The van der Waals surface area contributed by atoms with Gasteiger partial charge in [0.1, 0.15) is 16.8 Å². The van der Waals surface area contributed by atoms with Gasteiger partial charge in [-0.15, -0.1) is 0 Å². The summed E-state index contributed by atoms with van der Waals surface area (Å²) in [6.45, 7) is 5.62. The molecule has 1 unspecified atom stereocenters. The van der Waals surface area contributed by atoms with Gasteiger partial charge in [-0.3, -0.25) is 0 Å². The van der Waals surface area contributed by atoms with E-state index in [1.807, 2.05) is 38.5 Å². The second kappa shape index (κ2) is 4.89. The lowest BCUT2D eigenvalue weighted by atomic mass is 10.2. The van der Waals surface area contributed by atoms with Crippen LogP contribution in [-0.2, 0) is 18.0 Å². The topological polar surface area (TPSA) is 34.4 Å². The fraction of sp³-hybridized carbons (Fsp3) is 0.357. The summed E-state index contributed by atoms with van der Waals surface area (Å²) in [6, 6.07) is 6.47. The average Bonchev–Trinajstić information content (AvgIpc) is 2.61. The van der Waals surface area contributed by atoms with Gasteiger partial charge < -0.3 is 4.57 Å². The van der Waals surface area contributed by atoms with E-state index in [1.54, 1.807) is 12.3 Å². The van der Waals surface area contributed by atoms with E-state index in [0.29, 0.717) is 0 Å². The van der Waals surface area contributed by atoms with E-state index in [1.165, 1.54) is 12.1 Å². The highest BCUT2D eigenvalue weighted by atomic mass is 32.2. The number of halogens is 1. The second-order valence-corrected chi connectivity index (χ2v) is 7.36. The molecule has 5 heteroatoms. The van der Waals surface area contributed by atoms with Crippen LogP contribution in [0.5, 0.6) is 0 Å². The van der Waals surface area contributed by atoms with Crippen LogP contribution < -0.4 is 0 Å². The number of benzene rings is 1. The van der Waals surface area contributed by atoms with Crippen LogP contribution in [0.4, 0.5) is 4.39 Å². The summed E-state index contributed by atoms with van der Waals surface area (Å²) in [5.74, 6) is -0.264. The molecule has 0 saturated heterocycles. The van der Waals surface area contributed by atoms with Crippen LogP contribution in [0.25, 0.3) is 10.9 Å². The van der Waals surface area contributed by atoms with Gasteiger partial charge in [0.25, 0.3) is 0 Å². The molecular weight excluding hydrogens is 263 g/mol. The van der Waals surface area contributed by atoms with Crippen molar-refractivity contribution in [3.8, 4) is 0 Å². The number of aromatic nitrogens is 1. The average molecular weight is 280 g/mol. The number of rotatable bonds is 2. The molecule has 0 spiro atoms. The first-order chi connectivity index (χ1) is 8.79. The van der Waals surface area contributed by atoms with E-state index in [-0.39, 0.29) is 10.6 Å². The Labute approximate surface area is 114 Å². The zero-order chi connectivity index (χ0) is 14.2. The van der Waals surface area contributed by atoms with Crippen molar-refractivity contribution in [3.63, 3.8) is 0 Å². The largest absolute Gasteiger partial charge is 0.343 e. The Morgan fingerprint density at radius 3 is 2.63 bits per heavy atom. The predicted molar refractivity (Wildman–Crippen MR) is 78.4 cm³/mol. The van der Waals surface area contributed by atoms with Crippen molar-refractivity contribution in [1.29, 1.82) is 0 Å². The Morgan fingerprint density at radius 2 is 2.00 bits per heavy atom. The number of aryl methyl sites for hydroxylation is 1. The summed E-state index contributed by atoms with van der Waals surface area (Å²) in [4.78, 5) is 0. The molecule has 1 heterocycles. The molecule has 0 bridgehead atoms. The molecule has 0 aliphatic carbocycles. The van der Waals surface area contributed by atoms with Gasteiger partial charge in [0.05, 0.1) is 16.7 Å². The number of fused-ring (bicyclic) bond motifs is 1. The van der Waals surface area contributed by atoms with Gasteiger partial charge >= 0.3 is 0 Å². The molecule has 0 radical (unpaired) electrons. The molecule has 0 fully saturated rings. The number of hydrogen-bond acceptors (Lipinski definition) is 1. The minimum Gasteiger partial charge on any atom is -0.343 e. The minimum absolute atomic E-state index is 0.264. The number of nitrogens with zero attached hydrogens (tertiary/aromatic N) is 2. The van der Waals surface area contributed by atoms with E-state index >= 15 is 0 Å². The normalized spacial score (nSPS) is 14.4.